The van der Waals surface area contributed by atoms with E-state index in [1.54, 1.807) is 11.8 Å². The molecule has 0 aromatic heterocycles. The van der Waals surface area contributed by atoms with Crippen LogP contribution in [0.3, 0.4) is 0 Å². The molecular weight excluding hydrogens is 184 g/mol. The van der Waals surface area contributed by atoms with Gasteiger partial charge < -0.3 is 4.74 Å². The highest BCUT2D eigenvalue weighted by atomic mass is 32.2. The minimum Gasteiger partial charge on any atom is -0.459 e. The van der Waals surface area contributed by atoms with Crippen LogP contribution in [-0.4, -0.2) is 22.1 Å². The maximum Gasteiger partial charge on any atom is 0.322 e. The van der Waals surface area contributed by atoms with Crippen molar-refractivity contribution >= 4 is 17.7 Å². The number of carbonyl (C=O) groups excluding carboxylic acids is 1. The molecule has 13 heavy (non-hydrogen) atoms. The number of ether oxygens (including phenoxy) is 1. The van der Waals surface area contributed by atoms with Gasteiger partial charge in [-0.15, -0.1) is 11.8 Å². The van der Waals surface area contributed by atoms with Crippen LogP contribution >= 0.6 is 11.8 Å². The molecule has 1 rings (SSSR count). The first-order valence-corrected chi connectivity index (χ1v) is 5.69. The number of hydrogen-bond donors (Lipinski definition) is 0. The van der Waals surface area contributed by atoms with Crippen LogP contribution in [0.25, 0.3) is 0 Å². The van der Waals surface area contributed by atoms with Crippen LogP contribution in [0.15, 0.2) is 0 Å². The molecule has 3 heteroatoms. The first-order valence-electron chi connectivity index (χ1n) is 4.71. The fraction of sp³-hybridized carbons (Fsp3) is 0.900. The lowest BCUT2D eigenvalue weighted by atomic mass is 10.1. The lowest BCUT2D eigenvalue weighted by Crippen LogP contribution is -2.36. The fourth-order valence-corrected chi connectivity index (χ4v) is 2.51. The molecule has 76 valence electrons. The molecule has 1 unspecified atom stereocenters. The molecule has 0 aliphatic carbocycles. The van der Waals surface area contributed by atoms with Crippen molar-refractivity contribution in [2.24, 2.45) is 0 Å². The van der Waals surface area contributed by atoms with Crippen molar-refractivity contribution in [2.45, 2.75) is 50.9 Å². The smallest absolute Gasteiger partial charge is 0.322 e. The molecule has 1 atom stereocenters. The number of carbonyl (C=O) groups is 1. The van der Waals surface area contributed by atoms with Crippen molar-refractivity contribution in [2.75, 3.05) is 5.75 Å². The second kappa shape index (κ2) is 3.52. The van der Waals surface area contributed by atoms with Crippen LogP contribution in [0.4, 0.5) is 0 Å². The van der Waals surface area contributed by atoms with E-state index >= 15 is 0 Å². The van der Waals surface area contributed by atoms with Crippen molar-refractivity contribution in [1.29, 1.82) is 0 Å². The summed E-state index contributed by atoms with van der Waals surface area (Å²) in [7, 11) is 0. The second-order valence-corrected chi connectivity index (χ2v) is 6.28. The van der Waals surface area contributed by atoms with E-state index < -0.39 is 0 Å². The predicted octanol–water partition coefficient (Wildman–Crippen LogP) is 2.61. The normalized spacial score (nSPS) is 28.9. The topological polar surface area (TPSA) is 26.3 Å². The van der Waals surface area contributed by atoms with Gasteiger partial charge in [0.2, 0.25) is 0 Å². The number of rotatable bonds is 1. The molecule has 0 N–H and O–H groups in total. The molecular formula is C10H18O2S. The van der Waals surface area contributed by atoms with Crippen molar-refractivity contribution in [1.82, 2.24) is 0 Å². The summed E-state index contributed by atoms with van der Waals surface area (Å²) >= 11 is 1.72. The summed E-state index contributed by atoms with van der Waals surface area (Å²) in [6, 6.07) is 0. The summed E-state index contributed by atoms with van der Waals surface area (Å²) in [6.07, 6.45) is 2.08. The van der Waals surface area contributed by atoms with Crippen molar-refractivity contribution in [3.05, 3.63) is 0 Å². The van der Waals surface area contributed by atoms with Crippen LogP contribution in [0, 0.1) is 0 Å². The van der Waals surface area contributed by atoms with E-state index in [0.717, 1.165) is 18.6 Å². The molecule has 1 aliphatic rings. The van der Waals surface area contributed by atoms with E-state index in [2.05, 4.69) is 0 Å². The summed E-state index contributed by atoms with van der Waals surface area (Å²) in [6.45, 7) is 7.72. The molecule has 0 bridgehead atoms. The van der Waals surface area contributed by atoms with Crippen molar-refractivity contribution < 1.29 is 9.53 Å². The second-order valence-electron chi connectivity index (χ2n) is 4.68. The number of esters is 1. The van der Waals surface area contributed by atoms with Gasteiger partial charge in [-0.2, -0.15) is 0 Å². The summed E-state index contributed by atoms with van der Waals surface area (Å²) in [5, 5.41) is 0. The van der Waals surface area contributed by atoms with Gasteiger partial charge in [0.05, 0.1) is 0 Å². The molecule has 1 fully saturated rings. The molecule has 1 saturated heterocycles. The minimum absolute atomic E-state index is 0.0532. The molecule has 0 aromatic rings. The zero-order chi connectivity index (χ0) is 10.1. The van der Waals surface area contributed by atoms with Gasteiger partial charge in [0.1, 0.15) is 10.3 Å². The maximum absolute atomic E-state index is 11.7. The molecule has 1 heterocycles. The monoisotopic (exact) mass is 202 g/mol. The fourth-order valence-electron chi connectivity index (χ4n) is 1.33. The average molecular weight is 202 g/mol. The van der Waals surface area contributed by atoms with Crippen LogP contribution in [0.2, 0.25) is 0 Å². The molecule has 0 amide bonds. The average Bonchev–Trinajstić information content (AvgIpc) is 2.33. The van der Waals surface area contributed by atoms with Crippen LogP contribution < -0.4 is 0 Å². The third-order valence-electron chi connectivity index (χ3n) is 2.05. The predicted molar refractivity (Wildman–Crippen MR) is 55.9 cm³/mol. The summed E-state index contributed by atoms with van der Waals surface area (Å²) in [4.78, 5) is 11.7. The summed E-state index contributed by atoms with van der Waals surface area (Å²) < 4.78 is 5.08. The van der Waals surface area contributed by atoms with Gasteiger partial charge >= 0.3 is 5.97 Å². The third-order valence-corrected chi connectivity index (χ3v) is 3.55. The molecule has 0 saturated carbocycles. The third kappa shape index (κ3) is 2.90. The lowest BCUT2D eigenvalue weighted by Gasteiger charge is -2.27. The van der Waals surface area contributed by atoms with E-state index in [1.807, 2.05) is 27.7 Å². The molecule has 0 aromatic carbocycles. The lowest BCUT2D eigenvalue weighted by molar-refractivity contribution is -0.157. The molecule has 2 nitrogen and oxygen atoms in total. The Morgan fingerprint density at radius 1 is 1.46 bits per heavy atom. The van der Waals surface area contributed by atoms with Crippen LogP contribution in [0.1, 0.15) is 40.5 Å². The maximum atomic E-state index is 11.7. The van der Waals surface area contributed by atoms with Gasteiger partial charge in [0.25, 0.3) is 0 Å². The van der Waals surface area contributed by atoms with E-state index in [-0.39, 0.29) is 16.3 Å². The Bertz CT molecular complexity index is 199. The van der Waals surface area contributed by atoms with Crippen LogP contribution in [-0.2, 0) is 9.53 Å². The van der Waals surface area contributed by atoms with Gasteiger partial charge in [0, 0.05) is 0 Å². The number of hydrogen-bond acceptors (Lipinski definition) is 3. The SMILES string of the molecule is CC(C)(C)OC(=O)C1(C)CCCS1. The standard InChI is InChI=1S/C10H18O2S/c1-9(2,3)12-8(11)10(4)6-5-7-13-10/h5-7H2,1-4H3. The highest BCUT2D eigenvalue weighted by Gasteiger charge is 2.40. The molecule has 1 aliphatic heterocycles. The first kappa shape index (κ1) is 10.9. The van der Waals surface area contributed by atoms with Gasteiger partial charge in [-0.1, -0.05) is 0 Å². The van der Waals surface area contributed by atoms with Gasteiger partial charge in [-0.05, 0) is 46.3 Å². The zero-order valence-corrected chi connectivity index (χ0v) is 9.66. The van der Waals surface area contributed by atoms with Crippen molar-refractivity contribution in [3.63, 3.8) is 0 Å². The Balaban J connectivity index is 2.57. The number of thioether (sulfide) groups is 1. The van der Waals surface area contributed by atoms with E-state index in [0.29, 0.717) is 0 Å². The Morgan fingerprint density at radius 2 is 2.08 bits per heavy atom. The zero-order valence-electron chi connectivity index (χ0n) is 8.85. The highest BCUT2D eigenvalue weighted by molar-refractivity contribution is 8.01. The van der Waals surface area contributed by atoms with Gasteiger partial charge in [-0.25, -0.2) is 0 Å². The molecule has 0 radical (unpaired) electrons. The Kier molecular flexibility index (Phi) is 2.95. The van der Waals surface area contributed by atoms with Crippen LogP contribution in [0.5, 0.6) is 0 Å². The van der Waals surface area contributed by atoms with Crippen molar-refractivity contribution in [3.8, 4) is 0 Å². The summed E-state index contributed by atoms with van der Waals surface area (Å²) in [5.74, 6) is 1.03. The van der Waals surface area contributed by atoms with E-state index in [1.165, 1.54) is 0 Å². The van der Waals surface area contributed by atoms with Gasteiger partial charge in [-0.3, -0.25) is 4.79 Å². The van der Waals surface area contributed by atoms with E-state index in [9.17, 15) is 4.79 Å². The Hall–Kier alpha value is -0.180. The summed E-state index contributed by atoms with van der Waals surface area (Å²) in [5.41, 5.74) is -0.358. The highest BCUT2D eigenvalue weighted by Crippen LogP contribution is 2.39. The van der Waals surface area contributed by atoms with E-state index in [4.69, 9.17) is 4.74 Å². The molecule has 0 spiro atoms. The Labute approximate surface area is 84.4 Å². The van der Waals surface area contributed by atoms with Gasteiger partial charge in [0.15, 0.2) is 0 Å². The first-order chi connectivity index (χ1) is 5.83. The quantitative estimate of drug-likeness (QED) is 0.611. The Morgan fingerprint density at radius 3 is 2.46 bits per heavy atom. The minimum atomic E-state index is -0.358. The largest absolute Gasteiger partial charge is 0.459 e.